The number of nitrogens with one attached hydrogen (secondary N) is 2. The van der Waals surface area contributed by atoms with Crippen LogP contribution in [-0.2, 0) is 4.74 Å². The van der Waals surface area contributed by atoms with E-state index in [1.807, 2.05) is 24.3 Å². The number of benzene rings is 1. The number of amides is 1. The normalized spacial score (nSPS) is 14.7. The number of carbonyl (C=O) groups is 1. The largest absolute Gasteiger partial charge is 0.378 e. The second kappa shape index (κ2) is 6.81. The van der Waals surface area contributed by atoms with Crippen molar-refractivity contribution < 1.29 is 9.53 Å². The molecule has 1 saturated heterocycles. The average molecular weight is 402 g/mol. The molecule has 128 valence electrons. The van der Waals surface area contributed by atoms with Gasteiger partial charge in [-0.15, -0.1) is 0 Å². The van der Waals surface area contributed by atoms with Gasteiger partial charge in [0.05, 0.1) is 18.6 Å². The summed E-state index contributed by atoms with van der Waals surface area (Å²) in [4.78, 5) is 19.0. The van der Waals surface area contributed by atoms with Crippen molar-refractivity contribution in [2.45, 2.75) is 0 Å². The topological polar surface area (TPSA) is 83.1 Å². The lowest BCUT2D eigenvalue weighted by Crippen LogP contribution is -2.36. The minimum atomic E-state index is -0.273. The molecule has 0 unspecified atom stereocenters. The Bertz CT molecular complexity index is 920. The predicted octanol–water partition coefficient (Wildman–Crippen LogP) is 2.81. The molecule has 25 heavy (non-hydrogen) atoms. The summed E-state index contributed by atoms with van der Waals surface area (Å²) in [6.45, 7) is 3.08. The SMILES string of the molecule is O=C(Nc1cc(Br)cc(N2CCOCC2)c1)c1n[nH]c2ncccc12. The van der Waals surface area contributed by atoms with Gasteiger partial charge in [-0.25, -0.2) is 4.98 Å². The van der Waals surface area contributed by atoms with Crippen molar-refractivity contribution >= 4 is 44.2 Å². The first-order valence-corrected chi connectivity index (χ1v) is 8.74. The number of H-pyrrole nitrogens is 1. The fraction of sp³-hybridized carbons (Fsp3) is 0.235. The number of morpholine rings is 1. The molecule has 1 aromatic carbocycles. The number of hydrogen-bond donors (Lipinski definition) is 2. The van der Waals surface area contributed by atoms with Gasteiger partial charge < -0.3 is 15.0 Å². The number of nitrogens with zero attached hydrogens (tertiary/aromatic N) is 3. The Hall–Kier alpha value is -2.45. The minimum absolute atomic E-state index is 0.273. The standard InChI is InChI=1S/C17H16BrN5O2/c18-11-8-12(10-13(9-11)23-4-6-25-7-5-23)20-17(24)15-14-2-1-3-19-16(14)22-21-15/h1-3,8-10H,4-7H2,(H,20,24)(H,19,21,22). The summed E-state index contributed by atoms with van der Waals surface area (Å²) >= 11 is 3.52. The van der Waals surface area contributed by atoms with Crippen LogP contribution in [0.5, 0.6) is 0 Å². The lowest BCUT2D eigenvalue weighted by atomic mass is 10.2. The summed E-state index contributed by atoms with van der Waals surface area (Å²) in [5.41, 5.74) is 2.68. The highest BCUT2D eigenvalue weighted by atomic mass is 79.9. The van der Waals surface area contributed by atoms with Crippen LogP contribution in [0.3, 0.4) is 0 Å². The van der Waals surface area contributed by atoms with Crippen molar-refractivity contribution in [2.24, 2.45) is 0 Å². The summed E-state index contributed by atoms with van der Waals surface area (Å²) in [6, 6.07) is 9.47. The Morgan fingerprint density at radius 1 is 1.28 bits per heavy atom. The van der Waals surface area contributed by atoms with E-state index in [-0.39, 0.29) is 5.91 Å². The molecule has 0 aliphatic carbocycles. The fourth-order valence-corrected chi connectivity index (χ4v) is 3.35. The molecule has 2 N–H and O–H groups in total. The predicted molar refractivity (Wildman–Crippen MR) is 99.0 cm³/mol. The molecule has 0 bridgehead atoms. The lowest BCUT2D eigenvalue weighted by Gasteiger charge is -2.29. The Morgan fingerprint density at radius 2 is 2.12 bits per heavy atom. The van der Waals surface area contributed by atoms with Gasteiger partial charge in [0.15, 0.2) is 11.3 Å². The second-order valence-corrected chi connectivity index (χ2v) is 6.64. The number of aromatic amines is 1. The summed E-state index contributed by atoms with van der Waals surface area (Å²) < 4.78 is 6.30. The van der Waals surface area contributed by atoms with Gasteiger partial charge >= 0.3 is 0 Å². The Kier molecular flexibility index (Phi) is 4.37. The van der Waals surface area contributed by atoms with E-state index in [9.17, 15) is 4.79 Å². The zero-order valence-electron chi connectivity index (χ0n) is 13.3. The third kappa shape index (κ3) is 3.35. The van der Waals surface area contributed by atoms with Gasteiger partial charge in [-0.3, -0.25) is 9.89 Å². The molecule has 3 aromatic rings. The number of ether oxygens (including phenoxy) is 1. The van der Waals surface area contributed by atoms with Crippen LogP contribution < -0.4 is 10.2 Å². The van der Waals surface area contributed by atoms with Gasteiger partial charge in [0.2, 0.25) is 0 Å². The van der Waals surface area contributed by atoms with Crippen LogP contribution in [0.15, 0.2) is 41.0 Å². The molecule has 0 radical (unpaired) electrons. The van der Waals surface area contributed by atoms with E-state index < -0.39 is 0 Å². The van der Waals surface area contributed by atoms with Crippen LogP contribution in [0.1, 0.15) is 10.5 Å². The Balaban J connectivity index is 1.59. The van der Waals surface area contributed by atoms with Crippen molar-refractivity contribution in [1.82, 2.24) is 15.2 Å². The molecule has 0 atom stereocenters. The Labute approximate surface area is 152 Å². The lowest BCUT2D eigenvalue weighted by molar-refractivity contribution is 0.102. The average Bonchev–Trinajstić information content (AvgIpc) is 3.06. The highest BCUT2D eigenvalue weighted by Gasteiger charge is 2.17. The van der Waals surface area contributed by atoms with Gasteiger partial charge in [0.25, 0.3) is 5.91 Å². The molecule has 0 saturated carbocycles. The fourth-order valence-electron chi connectivity index (χ4n) is 2.87. The van der Waals surface area contributed by atoms with Gasteiger partial charge in [0, 0.05) is 35.1 Å². The number of carbonyl (C=O) groups excluding carboxylic acids is 1. The number of anilines is 2. The number of halogens is 1. The maximum absolute atomic E-state index is 12.6. The van der Waals surface area contributed by atoms with Crippen LogP contribution in [0.4, 0.5) is 11.4 Å². The van der Waals surface area contributed by atoms with E-state index in [0.29, 0.717) is 35.6 Å². The number of pyridine rings is 1. The molecule has 0 spiro atoms. The molecular weight excluding hydrogens is 386 g/mol. The zero-order valence-corrected chi connectivity index (χ0v) is 14.9. The van der Waals surface area contributed by atoms with E-state index in [4.69, 9.17) is 4.74 Å². The van der Waals surface area contributed by atoms with Crippen LogP contribution >= 0.6 is 15.9 Å². The highest BCUT2D eigenvalue weighted by Crippen LogP contribution is 2.27. The van der Waals surface area contributed by atoms with E-state index in [1.54, 1.807) is 12.3 Å². The first-order valence-electron chi connectivity index (χ1n) is 7.94. The second-order valence-electron chi connectivity index (χ2n) is 5.72. The third-order valence-electron chi connectivity index (χ3n) is 4.07. The number of rotatable bonds is 3. The van der Waals surface area contributed by atoms with Gasteiger partial charge in [-0.2, -0.15) is 5.10 Å². The monoisotopic (exact) mass is 401 g/mol. The first-order chi connectivity index (χ1) is 12.2. The zero-order chi connectivity index (χ0) is 17.2. The molecule has 1 fully saturated rings. The maximum Gasteiger partial charge on any atom is 0.276 e. The molecular formula is C17H16BrN5O2. The van der Waals surface area contributed by atoms with E-state index in [0.717, 1.165) is 23.2 Å². The van der Waals surface area contributed by atoms with Gasteiger partial charge in [-0.1, -0.05) is 15.9 Å². The van der Waals surface area contributed by atoms with E-state index in [1.165, 1.54) is 0 Å². The van der Waals surface area contributed by atoms with Crippen LogP contribution in [0.25, 0.3) is 11.0 Å². The summed E-state index contributed by atoms with van der Waals surface area (Å²) in [5.74, 6) is -0.273. The summed E-state index contributed by atoms with van der Waals surface area (Å²) in [5, 5.41) is 10.5. The van der Waals surface area contributed by atoms with Crippen LogP contribution in [-0.4, -0.2) is 47.4 Å². The highest BCUT2D eigenvalue weighted by molar-refractivity contribution is 9.10. The molecule has 7 nitrogen and oxygen atoms in total. The smallest absolute Gasteiger partial charge is 0.276 e. The number of fused-ring (bicyclic) bond motifs is 1. The number of hydrogen-bond acceptors (Lipinski definition) is 5. The first kappa shape index (κ1) is 16.0. The van der Waals surface area contributed by atoms with Crippen molar-refractivity contribution in [2.75, 3.05) is 36.5 Å². The number of aromatic nitrogens is 3. The van der Waals surface area contributed by atoms with Gasteiger partial charge in [0.1, 0.15) is 0 Å². The molecule has 4 rings (SSSR count). The summed E-state index contributed by atoms with van der Waals surface area (Å²) in [6.07, 6.45) is 1.66. The van der Waals surface area contributed by atoms with Crippen molar-refractivity contribution in [1.29, 1.82) is 0 Å². The van der Waals surface area contributed by atoms with Crippen molar-refractivity contribution in [3.8, 4) is 0 Å². The van der Waals surface area contributed by atoms with Crippen molar-refractivity contribution in [3.63, 3.8) is 0 Å². The van der Waals surface area contributed by atoms with Gasteiger partial charge in [-0.05, 0) is 30.3 Å². The molecule has 1 aliphatic rings. The van der Waals surface area contributed by atoms with Crippen LogP contribution in [0.2, 0.25) is 0 Å². The van der Waals surface area contributed by atoms with Crippen molar-refractivity contribution in [3.05, 3.63) is 46.7 Å². The maximum atomic E-state index is 12.6. The molecule has 1 aliphatic heterocycles. The Morgan fingerprint density at radius 3 is 2.96 bits per heavy atom. The van der Waals surface area contributed by atoms with Crippen LogP contribution in [0, 0.1) is 0 Å². The molecule has 8 heteroatoms. The summed E-state index contributed by atoms with van der Waals surface area (Å²) in [7, 11) is 0. The third-order valence-corrected chi connectivity index (χ3v) is 4.53. The molecule has 2 aromatic heterocycles. The van der Waals surface area contributed by atoms with E-state index >= 15 is 0 Å². The quantitative estimate of drug-likeness (QED) is 0.704. The molecule has 1 amide bonds. The minimum Gasteiger partial charge on any atom is -0.378 e. The molecule has 3 heterocycles. The van der Waals surface area contributed by atoms with E-state index in [2.05, 4.69) is 41.3 Å².